The molecule has 6 heteroatoms. The number of carbonyl (C=O) groups is 1. The average molecular weight is 616 g/mol. The van der Waals surface area contributed by atoms with Gasteiger partial charge in [-0.15, -0.1) is 0 Å². The molecule has 0 radical (unpaired) electrons. The van der Waals surface area contributed by atoms with Crippen LogP contribution in [0.4, 0.5) is 0 Å². The van der Waals surface area contributed by atoms with E-state index < -0.39 is 16.6 Å². The van der Waals surface area contributed by atoms with Crippen LogP contribution in [-0.4, -0.2) is 80.2 Å². The molecule has 0 unspecified atom stereocenters. The highest BCUT2D eigenvalue weighted by Gasteiger charge is 2.70. The normalized spacial score (nSPS) is 39.0. The van der Waals surface area contributed by atoms with Crippen LogP contribution >= 0.6 is 0 Å². The second kappa shape index (κ2) is 8.82. The number of ketones is 1. The van der Waals surface area contributed by atoms with Gasteiger partial charge in [0.15, 0.2) is 5.78 Å². The number of carbonyl (C=O) groups excluding carboxylic acids is 1. The first-order chi connectivity index (χ1) is 22.3. The Bertz CT molecular complexity index is 1820. The maximum absolute atomic E-state index is 15.2. The number of hydrogen-bond acceptors (Lipinski definition) is 5. The number of likely N-dealkylation sites (tertiary alicyclic amines) is 2. The van der Waals surface area contributed by atoms with Gasteiger partial charge < -0.3 is 15.2 Å². The smallest absolute Gasteiger partial charge is 0.192 e. The fourth-order valence-electron chi connectivity index (χ4n) is 12.1. The molecule has 3 heterocycles. The molecule has 3 aromatic rings. The molecule has 0 spiro atoms. The van der Waals surface area contributed by atoms with Crippen LogP contribution in [0.3, 0.4) is 0 Å². The third-order valence-electron chi connectivity index (χ3n) is 14.7. The van der Waals surface area contributed by atoms with E-state index in [4.69, 9.17) is 0 Å². The molecule has 2 saturated heterocycles. The van der Waals surface area contributed by atoms with Crippen molar-refractivity contribution >= 4 is 5.78 Å². The summed E-state index contributed by atoms with van der Waals surface area (Å²) >= 11 is 0. The summed E-state index contributed by atoms with van der Waals surface area (Å²) in [5, 5.41) is 26.5. The van der Waals surface area contributed by atoms with Crippen LogP contribution in [0.5, 0.6) is 0 Å². The lowest BCUT2D eigenvalue weighted by Crippen LogP contribution is -2.76. The second-order valence-corrected chi connectivity index (χ2v) is 16.8. The van der Waals surface area contributed by atoms with Crippen molar-refractivity contribution in [2.45, 2.75) is 105 Å². The zero-order valence-electron chi connectivity index (χ0n) is 26.7. The lowest BCUT2D eigenvalue weighted by atomic mass is 9.47. The predicted molar refractivity (Wildman–Crippen MR) is 175 cm³/mol. The topological polar surface area (TPSA) is 79.8 Å². The van der Waals surface area contributed by atoms with E-state index in [1.807, 2.05) is 0 Å². The first kappa shape index (κ1) is 27.2. The highest BCUT2D eigenvalue weighted by molar-refractivity contribution is 6.07. The summed E-state index contributed by atoms with van der Waals surface area (Å²) in [6, 6.07) is 17.3. The van der Waals surface area contributed by atoms with E-state index in [-0.39, 0.29) is 23.3 Å². The Morgan fingerprint density at radius 2 is 1.30 bits per heavy atom. The minimum absolute atomic E-state index is 0.0687. The van der Waals surface area contributed by atoms with Crippen molar-refractivity contribution in [1.29, 1.82) is 0 Å². The van der Waals surface area contributed by atoms with Crippen molar-refractivity contribution < 1.29 is 15.0 Å². The number of nitrogens with one attached hydrogen (secondary N) is 1. The number of nitrogens with zero attached hydrogens (tertiary/aromatic N) is 2. The summed E-state index contributed by atoms with van der Waals surface area (Å²) in [6.07, 6.45) is 10.2. The third-order valence-corrected chi connectivity index (χ3v) is 14.7. The molecule has 1 aromatic heterocycles. The van der Waals surface area contributed by atoms with Crippen molar-refractivity contribution in [3.05, 3.63) is 93.3 Å². The van der Waals surface area contributed by atoms with Crippen LogP contribution < -0.4 is 0 Å². The van der Waals surface area contributed by atoms with Gasteiger partial charge in [0.05, 0.1) is 16.7 Å². The molecule has 6 atom stereocenters. The van der Waals surface area contributed by atoms with Gasteiger partial charge in [0.1, 0.15) is 5.60 Å². The van der Waals surface area contributed by atoms with E-state index in [2.05, 4.69) is 63.3 Å². The number of rotatable bonds is 4. The number of Topliss-reactive ketones (excluding diaryl/α,β-unsaturated/α-hetero) is 1. The van der Waals surface area contributed by atoms with Gasteiger partial charge in [0.25, 0.3) is 0 Å². The van der Waals surface area contributed by atoms with E-state index in [9.17, 15) is 10.2 Å². The number of aromatic amines is 1. The molecular formula is C40H45N3O3. The first-order valence-electron chi connectivity index (χ1n) is 18.2. The molecule has 46 heavy (non-hydrogen) atoms. The molecule has 0 amide bonds. The molecule has 11 rings (SSSR count). The Hall–Kier alpha value is -2.77. The Kier molecular flexibility index (Phi) is 5.22. The van der Waals surface area contributed by atoms with Gasteiger partial charge in [0.2, 0.25) is 0 Å². The maximum Gasteiger partial charge on any atom is 0.192 e. The van der Waals surface area contributed by atoms with Gasteiger partial charge in [-0.05, 0) is 110 Å². The van der Waals surface area contributed by atoms with Crippen LogP contribution in [0, 0.1) is 11.8 Å². The molecule has 3 N–H and O–H groups in total. The lowest BCUT2D eigenvalue weighted by Gasteiger charge is -2.64. The van der Waals surface area contributed by atoms with Gasteiger partial charge in [-0.2, -0.15) is 0 Å². The number of aromatic nitrogens is 1. The van der Waals surface area contributed by atoms with Crippen LogP contribution in [0.1, 0.15) is 88.1 Å². The molecule has 6 aliphatic carbocycles. The molecule has 8 aliphatic rings. The summed E-state index contributed by atoms with van der Waals surface area (Å²) in [7, 11) is 0. The molecule has 238 valence electrons. The quantitative estimate of drug-likeness (QED) is 0.409. The van der Waals surface area contributed by atoms with E-state index in [1.165, 1.54) is 42.4 Å². The Balaban J connectivity index is 1.08. The Morgan fingerprint density at radius 1 is 0.717 bits per heavy atom. The minimum Gasteiger partial charge on any atom is -0.387 e. The van der Waals surface area contributed by atoms with Crippen molar-refractivity contribution in [2.24, 2.45) is 11.8 Å². The molecule has 4 bridgehead atoms. The van der Waals surface area contributed by atoms with Gasteiger partial charge in [-0.3, -0.25) is 14.6 Å². The van der Waals surface area contributed by atoms with Crippen LogP contribution in [-0.2, 0) is 42.9 Å². The number of piperidine rings is 2. The largest absolute Gasteiger partial charge is 0.387 e. The number of aliphatic hydroxyl groups is 2. The number of benzene rings is 2. The zero-order chi connectivity index (χ0) is 30.6. The Morgan fingerprint density at radius 3 is 2.00 bits per heavy atom. The maximum atomic E-state index is 15.2. The number of H-pyrrole nitrogens is 1. The van der Waals surface area contributed by atoms with Crippen molar-refractivity contribution in [3.63, 3.8) is 0 Å². The first-order valence-corrected chi connectivity index (χ1v) is 18.2. The highest BCUT2D eigenvalue weighted by Crippen LogP contribution is 2.61. The summed E-state index contributed by atoms with van der Waals surface area (Å²) in [5.41, 5.74) is 5.58. The Labute approximate surface area is 271 Å². The predicted octanol–water partition coefficient (Wildman–Crippen LogP) is 4.27. The fraction of sp³-hybridized carbons (Fsp3) is 0.575. The van der Waals surface area contributed by atoms with E-state index in [0.717, 1.165) is 91.8 Å². The minimum atomic E-state index is -1.17. The van der Waals surface area contributed by atoms with Crippen LogP contribution in [0.15, 0.2) is 48.5 Å². The standard InChI is InChI=1S/C40H45N3O3/c44-36-35-29(20-40(46)34-18-27-6-2-4-8-31(27)38(36,40)14-16-43(34)23-25-11-12-25)28-19-39(45)33-17-26-5-1-3-7-30(26)37(39,21-32(28)41-35)13-15-42(33)22-24-9-10-24/h1-8,24-25,33-34,41,45-46H,9-23H2/t33-,34-,37-,38+,39-,40-/m1/s1. The number of hydrogen-bond donors (Lipinski definition) is 3. The SMILES string of the molecule is O=C1c2[nH]c3c(c2C[C@@]2(O)[C@H]4Cc5ccccc5[C@@]12CCN4CC1CC1)C[C@@]1(O)[C@H]2Cc4ccccc4[C@@]1(CCN2CC1CC1)C3. The third kappa shape index (κ3) is 3.21. The van der Waals surface area contributed by atoms with Crippen molar-refractivity contribution in [2.75, 3.05) is 26.2 Å². The van der Waals surface area contributed by atoms with Crippen LogP contribution in [0.25, 0.3) is 0 Å². The summed E-state index contributed by atoms with van der Waals surface area (Å²) in [4.78, 5) is 24.2. The molecule has 6 nitrogen and oxygen atoms in total. The fourth-order valence-corrected chi connectivity index (χ4v) is 12.1. The summed E-state index contributed by atoms with van der Waals surface area (Å²) < 4.78 is 0. The van der Waals surface area contributed by atoms with Gasteiger partial charge in [0, 0.05) is 55.5 Å². The monoisotopic (exact) mass is 615 g/mol. The molecule has 4 fully saturated rings. The molecule has 2 aliphatic heterocycles. The second-order valence-electron chi connectivity index (χ2n) is 16.8. The van der Waals surface area contributed by atoms with E-state index in [1.54, 1.807) is 0 Å². The van der Waals surface area contributed by atoms with E-state index in [0.29, 0.717) is 19.3 Å². The van der Waals surface area contributed by atoms with Crippen LogP contribution in [0.2, 0.25) is 0 Å². The lowest BCUT2D eigenvalue weighted by molar-refractivity contribution is -0.152. The molecule has 2 aromatic carbocycles. The zero-order valence-corrected chi connectivity index (χ0v) is 26.7. The highest BCUT2D eigenvalue weighted by atomic mass is 16.3. The van der Waals surface area contributed by atoms with Gasteiger partial charge >= 0.3 is 0 Å². The van der Waals surface area contributed by atoms with Crippen molar-refractivity contribution in [1.82, 2.24) is 14.8 Å². The summed E-state index contributed by atoms with van der Waals surface area (Å²) in [6.45, 7) is 3.99. The average Bonchev–Trinajstić information content (AvgIpc) is 3.99. The van der Waals surface area contributed by atoms with Gasteiger partial charge in [-0.1, -0.05) is 48.5 Å². The van der Waals surface area contributed by atoms with Gasteiger partial charge in [-0.25, -0.2) is 0 Å². The number of fused-ring (bicyclic) bond motifs is 5. The van der Waals surface area contributed by atoms with E-state index >= 15 is 4.79 Å². The van der Waals surface area contributed by atoms with Crippen molar-refractivity contribution in [3.8, 4) is 0 Å². The molecular weight excluding hydrogens is 570 g/mol. The molecule has 2 saturated carbocycles. The summed E-state index contributed by atoms with van der Waals surface area (Å²) in [5.74, 6) is 1.57.